The SMILES string of the molecule is COc1ccc(N2CCN(CC(=O)Nc3ccccc3C(C)(C)C)CC2)cc1. The Balaban J connectivity index is 1.53. The van der Waals surface area contributed by atoms with Crippen molar-refractivity contribution >= 4 is 17.3 Å². The summed E-state index contributed by atoms with van der Waals surface area (Å²) in [5, 5.41) is 3.11. The molecule has 0 radical (unpaired) electrons. The van der Waals surface area contributed by atoms with Gasteiger partial charge >= 0.3 is 0 Å². The van der Waals surface area contributed by atoms with Crippen LogP contribution in [0.2, 0.25) is 0 Å². The van der Waals surface area contributed by atoms with Gasteiger partial charge in [-0.25, -0.2) is 0 Å². The molecule has 0 unspecified atom stereocenters. The number of piperazine rings is 1. The smallest absolute Gasteiger partial charge is 0.238 e. The van der Waals surface area contributed by atoms with Crippen LogP contribution in [0.3, 0.4) is 0 Å². The second-order valence-corrected chi connectivity index (χ2v) is 8.30. The van der Waals surface area contributed by atoms with E-state index in [9.17, 15) is 4.79 Å². The van der Waals surface area contributed by atoms with E-state index in [0.29, 0.717) is 6.54 Å². The summed E-state index contributed by atoms with van der Waals surface area (Å²) in [6, 6.07) is 16.2. The second kappa shape index (κ2) is 8.65. The van der Waals surface area contributed by atoms with Crippen molar-refractivity contribution in [2.45, 2.75) is 26.2 Å². The van der Waals surface area contributed by atoms with E-state index in [4.69, 9.17) is 4.74 Å². The molecule has 1 fully saturated rings. The minimum atomic E-state index is -0.00609. The second-order valence-electron chi connectivity index (χ2n) is 8.30. The average molecular weight is 382 g/mol. The molecule has 1 aliphatic heterocycles. The number of amides is 1. The maximum Gasteiger partial charge on any atom is 0.238 e. The van der Waals surface area contributed by atoms with E-state index in [1.165, 1.54) is 5.69 Å². The van der Waals surface area contributed by atoms with Crippen LogP contribution in [0.1, 0.15) is 26.3 Å². The predicted molar refractivity (Wildman–Crippen MR) is 115 cm³/mol. The number of hydrogen-bond donors (Lipinski definition) is 1. The molecule has 2 aromatic rings. The largest absolute Gasteiger partial charge is 0.497 e. The monoisotopic (exact) mass is 381 g/mol. The number of carbonyl (C=O) groups excluding carboxylic acids is 1. The number of ether oxygens (including phenoxy) is 1. The van der Waals surface area contributed by atoms with Crippen LogP contribution in [0.4, 0.5) is 11.4 Å². The Morgan fingerprint density at radius 2 is 1.64 bits per heavy atom. The van der Waals surface area contributed by atoms with Gasteiger partial charge in [0.1, 0.15) is 5.75 Å². The van der Waals surface area contributed by atoms with E-state index in [0.717, 1.165) is 43.2 Å². The first-order chi connectivity index (χ1) is 13.4. The predicted octanol–water partition coefficient (Wildman–Crippen LogP) is 3.75. The molecule has 2 aromatic carbocycles. The van der Waals surface area contributed by atoms with Crippen molar-refractivity contribution in [3.8, 4) is 5.75 Å². The summed E-state index contributed by atoms with van der Waals surface area (Å²) in [6.45, 7) is 10.5. The quantitative estimate of drug-likeness (QED) is 0.857. The van der Waals surface area contributed by atoms with E-state index in [1.807, 2.05) is 30.3 Å². The zero-order valence-electron chi connectivity index (χ0n) is 17.4. The fourth-order valence-corrected chi connectivity index (χ4v) is 3.60. The molecule has 0 aromatic heterocycles. The van der Waals surface area contributed by atoms with Crippen LogP contribution < -0.4 is 15.0 Å². The van der Waals surface area contributed by atoms with Gasteiger partial charge in [-0.3, -0.25) is 9.69 Å². The normalized spacial score (nSPS) is 15.4. The van der Waals surface area contributed by atoms with Gasteiger partial charge in [0.15, 0.2) is 0 Å². The zero-order chi connectivity index (χ0) is 20.1. The summed E-state index contributed by atoms with van der Waals surface area (Å²) in [5.41, 5.74) is 3.27. The summed E-state index contributed by atoms with van der Waals surface area (Å²) < 4.78 is 5.22. The number of para-hydroxylation sites is 1. The zero-order valence-corrected chi connectivity index (χ0v) is 17.4. The Bertz CT molecular complexity index is 788. The van der Waals surface area contributed by atoms with Crippen molar-refractivity contribution in [3.05, 3.63) is 54.1 Å². The van der Waals surface area contributed by atoms with Gasteiger partial charge in [-0.2, -0.15) is 0 Å². The molecular weight excluding hydrogens is 350 g/mol. The van der Waals surface area contributed by atoms with Crippen LogP contribution in [0.5, 0.6) is 5.75 Å². The van der Waals surface area contributed by atoms with Gasteiger partial charge in [0.2, 0.25) is 5.91 Å². The molecule has 0 aliphatic carbocycles. The van der Waals surface area contributed by atoms with Gasteiger partial charge in [-0.05, 0) is 41.3 Å². The number of nitrogens with zero attached hydrogens (tertiary/aromatic N) is 2. The highest BCUT2D eigenvalue weighted by molar-refractivity contribution is 5.93. The van der Waals surface area contributed by atoms with E-state index < -0.39 is 0 Å². The summed E-state index contributed by atoms with van der Waals surface area (Å²) in [4.78, 5) is 17.2. The lowest BCUT2D eigenvalue weighted by atomic mass is 9.86. The number of hydrogen-bond acceptors (Lipinski definition) is 4. The molecule has 1 aliphatic rings. The van der Waals surface area contributed by atoms with E-state index >= 15 is 0 Å². The maximum absolute atomic E-state index is 12.6. The first kappa shape index (κ1) is 20.2. The molecule has 0 spiro atoms. The van der Waals surface area contributed by atoms with Crippen LogP contribution in [0.15, 0.2) is 48.5 Å². The van der Waals surface area contributed by atoms with Crippen molar-refractivity contribution in [2.24, 2.45) is 0 Å². The van der Waals surface area contributed by atoms with Crippen LogP contribution in [0.25, 0.3) is 0 Å². The van der Waals surface area contributed by atoms with Gasteiger partial charge in [0.05, 0.1) is 13.7 Å². The third kappa shape index (κ3) is 5.04. The number of anilines is 2. The highest BCUT2D eigenvalue weighted by Crippen LogP contribution is 2.29. The topological polar surface area (TPSA) is 44.8 Å². The number of rotatable bonds is 5. The number of nitrogens with one attached hydrogen (secondary N) is 1. The fraction of sp³-hybridized carbons (Fsp3) is 0.435. The number of carbonyl (C=O) groups is 1. The van der Waals surface area contributed by atoms with Gasteiger partial charge in [-0.1, -0.05) is 39.0 Å². The van der Waals surface area contributed by atoms with Gasteiger partial charge in [-0.15, -0.1) is 0 Å². The molecule has 150 valence electrons. The van der Waals surface area contributed by atoms with Crippen LogP contribution in [-0.2, 0) is 10.2 Å². The molecule has 1 heterocycles. The van der Waals surface area contributed by atoms with Crippen molar-refractivity contribution in [3.63, 3.8) is 0 Å². The molecule has 1 amide bonds. The van der Waals surface area contributed by atoms with Crippen molar-refractivity contribution in [1.82, 2.24) is 4.90 Å². The standard InChI is InChI=1S/C23H31N3O2/c1-23(2,3)20-7-5-6-8-21(20)24-22(27)17-25-13-15-26(16-14-25)18-9-11-19(28-4)12-10-18/h5-12H,13-17H2,1-4H3,(H,24,27). The molecule has 1 saturated heterocycles. The lowest BCUT2D eigenvalue weighted by Crippen LogP contribution is -2.48. The summed E-state index contributed by atoms with van der Waals surface area (Å²) in [7, 11) is 1.68. The lowest BCUT2D eigenvalue weighted by Gasteiger charge is -2.35. The minimum Gasteiger partial charge on any atom is -0.497 e. The molecule has 3 rings (SSSR count). The summed E-state index contributed by atoms with van der Waals surface area (Å²) >= 11 is 0. The number of methoxy groups -OCH3 is 1. The van der Waals surface area contributed by atoms with Gasteiger partial charge in [0, 0.05) is 37.6 Å². The molecule has 1 N–H and O–H groups in total. The summed E-state index contributed by atoms with van der Waals surface area (Å²) in [6.07, 6.45) is 0. The highest BCUT2D eigenvalue weighted by atomic mass is 16.5. The van der Waals surface area contributed by atoms with Crippen LogP contribution in [0, 0.1) is 0 Å². The third-order valence-electron chi connectivity index (χ3n) is 5.19. The van der Waals surface area contributed by atoms with Gasteiger partial charge in [0.25, 0.3) is 0 Å². The first-order valence-corrected chi connectivity index (χ1v) is 9.87. The minimum absolute atomic E-state index is 0.00609. The Hall–Kier alpha value is -2.53. The first-order valence-electron chi connectivity index (χ1n) is 9.87. The fourth-order valence-electron chi connectivity index (χ4n) is 3.60. The van der Waals surface area contributed by atoms with E-state index in [2.05, 4.69) is 54.1 Å². The number of benzene rings is 2. The third-order valence-corrected chi connectivity index (χ3v) is 5.19. The molecule has 0 atom stereocenters. The van der Waals surface area contributed by atoms with Crippen molar-refractivity contribution in [2.75, 3.05) is 50.1 Å². The van der Waals surface area contributed by atoms with E-state index in [1.54, 1.807) is 7.11 Å². The molecule has 28 heavy (non-hydrogen) atoms. The maximum atomic E-state index is 12.6. The summed E-state index contributed by atoms with van der Waals surface area (Å²) in [5.74, 6) is 0.921. The van der Waals surface area contributed by atoms with Gasteiger partial charge < -0.3 is 15.0 Å². The van der Waals surface area contributed by atoms with Crippen molar-refractivity contribution in [1.29, 1.82) is 0 Å². The average Bonchev–Trinajstić information content (AvgIpc) is 2.68. The Kier molecular flexibility index (Phi) is 6.25. The Morgan fingerprint density at radius 1 is 1.00 bits per heavy atom. The Morgan fingerprint density at radius 3 is 2.25 bits per heavy atom. The van der Waals surface area contributed by atoms with E-state index in [-0.39, 0.29) is 11.3 Å². The molecule has 0 bridgehead atoms. The lowest BCUT2D eigenvalue weighted by molar-refractivity contribution is -0.117. The van der Waals surface area contributed by atoms with Crippen molar-refractivity contribution < 1.29 is 9.53 Å². The molecule has 0 saturated carbocycles. The van der Waals surface area contributed by atoms with Crippen LogP contribution >= 0.6 is 0 Å². The highest BCUT2D eigenvalue weighted by Gasteiger charge is 2.21. The molecule has 5 nitrogen and oxygen atoms in total. The molecule has 5 heteroatoms. The molecular formula is C23H31N3O2. The van der Waals surface area contributed by atoms with Crippen LogP contribution in [-0.4, -0.2) is 50.6 Å². The Labute approximate surface area is 168 Å².